The highest BCUT2D eigenvalue weighted by Crippen LogP contribution is 2.33. The summed E-state index contributed by atoms with van der Waals surface area (Å²) in [4.78, 5) is 0. The highest BCUT2D eigenvalue weighted by molar-refractivity contribution is 5.40. The normalized spacial score (nSPS) is 17.0. The summed E-state index contributed by atoms with van der Waals surface area (Å²) in [5.41, 5.74) is 2.90. The van der Waals surface area contributed by atoms with Gasteiger partial charge < -0.3 is 15.2 Å². The van der Waals surface area contributed by atoms with Crippen LogP contribution in [0.15, 0.2) is 18.2 Å². The van der Waals surface area contributed by atoms with E-state index >= 15 is 0 Å². The molecule has 2 N–H and O–H groups in total. The fourth-order valence-corrected chi connectivity index (χ4v) is 2.97. The van der Waals surface area contributed by atoms with Crippen LogP contribution in [-0.2, 0) is 6.42 Å². The van der Waals surface area contributed by atoms with E-state index in [4.69, 9.17) is 9.84 Å². The van der Waals surface area contributed by atoms with E-state index in [-0.39, 0.29) is 0 Å². The van der Waals surface area contributed by atoms with Gasteiger partial charge in [-0.2, -0.15) is 0 Å². The average Bonchev–Trinajstić information content (AvgIpc) is 2.91. The second-order valence-electron chi connectivity index (χ2n) is 5.89. The maximum Gasteiger partial charge on any atom is 0.119 e. The van der Waals surface area contributed by atoms with E-state index in [1.165, 1.54) is 24.0 Å². The second-order valence-corrected chi connectivity index (χ2v) is 5.89. The molecule has 118 valence electrons. The van der Waals surface area contributed by atoms with Crippen molar-refractivity contribution < 1.29 is 9.84 Å². The van der Waals surface area contributed by atoms with Crippen LogP contribution in [-0.4, -0.2) is 24.9 Å². The van der Waals surface area contributed by atoms with E-state index in [0.29, 0.717) is 12.6 Å². The molecule has 1 aliphatic carbocycles. The zero-order valence-corrected chi connectivity index (χ0v) is 13.2. The number of fused-ring (bicyclic) bond motifs is 1. The highest BCUT2D eigenvalue weighted by atomic mass is 16.5. The molecular formula is C18H29NO2. The molecule has 1 aromatic rings. The van der Waals surface area contributed by atoms with Gasteiger partial charge in [-0.05, 0) is 68.3 Å². The number of hydrogen-bond acceptors (Lipinski definition) is 3. The van der Waals surface area contributed by atoms with Gasteiger partial charge in [-0.25, -0.2) is 0 Å². The Morgan fingerprint density at radius 3 is 2.90 bits per heavy atom. The highest BCUT2D eigenvalue weighted by Gasteiger charge is 2.21. The van der Waals surface area contributed by atoms with Crippen LogP contribution in [0.2, 0.25) is 0 Å². The topological polar surface area (TPSA) is 41.5 Å². The molecule has 21 heavy (non-hydrogen) atoms. The van der Waals surface area contributed by atoms with Crippen molar-refractivity contribution in [2.75, 3.05) is 19.8 Å². The van der Waals surface area contributed by atoms with Crippen molar-refractivity contribution in [2.45, 2.75) is 57.9 Å². The minimum Gasteiger partial charge on any atom is -0.494 e. The third-order valence-corrected chi connectivity index (χ3v) is 4.15. The summed E-state index contributed by atoms with van der Waals surface area (Å²) in [6.45, 7) is 4.39. The summed E-state index contributed by atoms with van der Waals surface area (Å²) < 4.78 is 5.84. The summed E-state index contributed by atoms with van der Waals surface area (Å²) in [6.07, 6.45) is 7.75. The van der Waals surface area contributed by atoms with Gasteiger partial charge in [-0.3, -0.25) is 0 Å². The van der Waals surface area contributed by atoms with Crippen LogP contribution >= 0.6 is 0 Å². The standard InChI is InChI=1S/C18H29NO2/c1-2-11-19-18-10-7-15-14-16(8-9-17(15)18)21-13-6-4-3-5-12-20/h8-9,14,18-20H,2-7,10-13H2,1H3. The van der Waals surface area contributed by atoms with Crippen LogP contribution in [0.4, 0.5) is 0 Å². The van der Waals surface area contributed by atoms with Gasteiger partial charge in [0, 0.05) is 12.6 Å². The van der Waals surface area contributed by atoms with Crippen LogP contribution in [0.1, 0.15) is 62.6 Å². The number of ether oxygens (including phenoxy) is 1. The predicted octanol–water partition coefficient (Wildman–Crippen LogP) is 3.61. The first-order valence-electron chi connectivity index (χ1n) is 8.45. The molecule has 0 spiro atoms. The number of nitrogens with one attached hydrogen (secondary N) is 1. The number of aliphatic hydroxyl groups is 1. The molecule has 0 amide bonds. The van der Waals surface area contributed by atoms with Gasteiger partial charge in [0.2, 0.25) is 0 Å². The Kier molecular flexibility index (Phi) is 7.04. The van der Waals surface area contributed by atoms with Gasteiger partial charge in [-0.1, -0.05) is 19.4 Å². The molecule has 0 aromatic heterocycles. The molecule has 1 atom stereocenters. The maximum atomic E-state index is 8.73. The molecule has 1 aromatic carbocycles. The van der Waals surface area contributed by atoms with Gasteiger partial charge >= 0.3 is 0 Å². The molecule has 0 aliphatic heterocycles. The molecule has 0 saturated heterocycles. The first kappa shape index (κ1) is 16.3. The Balaban J connectivity index is 1.76. The van der Waals surface area contributed by atoms with Gasteiger partial charge in [0.15, 0.2) is 0 Å². The van der Waals surface area contributed by atoms with Crippen molar-refractivity contribution in [3.8, 4) is 5.75 Å². The number of benzene rings is 1. The predicted molar refractivity (Wildman–Crippen MR) is 86.8 cm³/mol. The molecule has 1 aliphatic rings. The van der Waals surface area contributed by atoms with Crippen LogP contribution in [0.3, 0.4) is 0 Å². The average molecular weight is 291 g/mol. The quantitative estimate of drug-likeness (QED) is 0.647. The molecule has 0 fully saturated rings. The molecule has 3 heteroatoms. The number of aryl methyl sites for hydroxylation is 1. The number of unbranched alkanes of at least 4 members (excludes halogenated alkanes) is 3. The summed E-state index contributed by atoms with van der Waals surface area (Å²) >= 11 is 0. The smallest absolute Gasteiger partial charge is 0.119 e. The van der Waals surface area contributed by atoms with Crippen LogP contribution < -0.4 is 10.1 Å². The summed E-state index contributed by atoms with van der Waals surface area (Å²) in [7, 11) is 0. The van der Waals surface area contributed by atoms with E-state index in [0.717, 1.165) is 51.0 Å². The maximum absolute atomic E-state index is 8.73. The molecule has 2 rings (SSSR count). The summed E-state index contributed by atoms with van der Waals surface area (Å²) in [6, 6.07) is 7.10. The zero-order valence-electron chi connectivity index (χ0n) is 13.2. The van der Waals surface area contributed by atoms with Crippen molar-refractivity contribution in [3.63, 3.8) is 0 Å². The molecular weight excluding hydrogens is 262 g/mol. The van der Waals surface area contributed by atoms with Crippen molar-refractivity contribution in [3.05, 3.63) is 29.3 Å². The van der Waals surface area contributed by atoms with E-state index in [2.05, 4.69) is 30.4 Å². The lowest BCUT2D eigenvalue weighted by molar-refractivity contribution is 0.273. The second kappa shape index (κ2) is 9.06. The molecule has 0 saturated carbocycles. The first-order valence-corrected chi connectivity index (χ1v) is 8.45. The first-order chi connectivity index (χ1) is 10.3. The largest absolute Gasteiger partial charge is 0.494 e. The Morgan fingerprint density at radius 2 is 2.10 bits per heavy atom. The van der Waals surface area contributed by atoms with E-state index in [9.17, 15) is 0 Å². The fraction of sp³-hybridized carbons (Fsp3) is 0.667. The van der Waals surface area contributed by atoms with Gasteiger partial charge in [0.25, 0.3) is 0 Å². The van der Waals surface area contributed by atoms with Gasteiger partial charge in [0.1, 0.15) is 5.75 Å². The summed E-state index contributed by atoms with van der Waals surface area (Å²) in [5.74, 6) is 1.01. The molecule has 3 nitrogen and oxygen atoms in total. The van der Waals surface area contributed by atoms with Crippen LogP contribution in [0.5, 0.6) is 5.75 Å². The number of aliphatic hydroxyl groups excluding tert-OH is 1. The van der Waals surface area contributed by atoms with E-state index < -0.39 is 0 Å². The van der Waals surface area contributed by atoms with Gasteiger partial charge in [0.05, 0.1) is 6.61 Å². The molecule has 0 heterocycles. The Bertz CT molecular complexity index is 420. The van der Waals surface area contributed by atoms with Crippen molar-refractivity contribution in [2.24, 2.45) is 0 Å². The Morgan fingerprint density at radius 1 is 1.24 bits per heavy atom. The Labute approximate surface area is 128 Å². The fourth-order valence-electron chi connectivity index (χ4n) is 2.97. The zero-order chi connectivity index (χ0) is 14.9. The number of rotatable bonds is 10. The van der Waals surface area contributed by atoms with Crippen LogP contribution in [0, 0.1) is 0 Å². The Hall–Kier alpha value is -1.06. The number of hydrogen-bond donors (Lipinski definition) is 2. The lowest BCUT2D eigenvalue weighted by atomic mass is 10.1. The van der Waals surface area contributed by atoms with Crippen molar-refractivity contribution in [1.29, 1.82) is 0 Å². The molecule has 0 radical (unpaired) electrons. The third-order valence-electron chi connectivity index (χ3n) is 4.15. The lowest BCUT2D eigenvalue weighted by Gasteiger charge is -2.14. The minimum absolute atomic E-state index is 0.304. The van der Waals surface area contributed by atoms with Crippen molar-refractivity contribution in [1.82, 2.24) is 5.32 Å². The van der Waals surface area contributed by atoms with E-state index in [1.54, 1.807) is 0 Å². The van der Waals surface area contributed by atoms with Crippen molar-refractivity contribution >= 4 is 0 Å². The lowest BCUT2D eigenvalue weighted by Crippen LogP contribution is -2.19. The molecule has 0 bridgehead atoms. The minimum atomic E-state index is 0.304. The summed E-state index contributed by atoms with van der Waals surface area (Å²) in [5, 5.41) is 12.3. The van der Waals surface area contributed by atoms with Gasteiger partial charge in [-0.15, -0.1) is 0 Å². The molecule has 1 unspecified atom stereocenters. The monoisotopic (exact) mass is 291 g/mol. The van der Waals surface area contributed by atoms with Crippen LogP contribution in [0.25, 0.3) is 0 Å². The third kappa shape index (κ3) is 5.01. The van der Waals surface area contributed by atoms with E-state index in [1.807, 2.05) is 0 Å². The SMILES string of the molecule is CCCNC1CCc2cc(OCCCCCCO)ccc21.